The number of hydrogen-bond donors (Lipinski definition) is 0. The van der Waals surface area contributed by atoms with Gasteiger partial charge in [-0.2, -0.15) is 0 Å². The Kier molecular flexibility index (Phi) is 2.03. The van der Waals surface area contributed by atoms with Gasteiger partial charge in [0, 0.05) is 5.02 Å². The zero-order chi connectivity index (χ0) is 7.84. The van der Waals surface area contributed by atoms with E-state index >= 15 is 0 Å². The van der Waals surface area contributed by atoms with Gasteiger partial charge < -0.3 is 0 Å². The van der Waals surface area contributed by atoms with Crippen molar-refractivity contribution in [1.82, 2.24) is 4.98 Å². The highest BCUT2D eigenvalue weighted by atomic mass is 127. The third kappa shape index (κ3) is 1.50. The molecule has 1 heterocycles. The van der Waals surface area contributed by atoms with Crippen LogP contribution in [0, 0.1) is 3.01 Å². The number of thiazole rings is 1. The Morgan fingerprint density at radius 1 is 1.45 bits per heavy atom. The summed E-state index contributed by atoms with van der Waals surface area (Å²) in [4.78, 5) is 4.30. The SMILES string of the molecule is Clc1ccc2nc(I)sc2c1. The van der Waals surface area contributed by atoms with Crippen molar-refractivity contribution in [3.63, 3.8) is 0 Å². The van der Waals surface area contributed by atoms with E-state index < -0.39 is 0 Å². The smallest absolute Gasteiger partial charge is 0.155 e. The molecule has 4 heteroatoms. The van der Waals surface area contributed by atoms with Gasteiger partial charge >= 0.3 is 0 Å². The van der Waals surface area contributed by atoms with Crippen molar-refractivity contribution in [2.45, 2.75) is 0 Å². The summed E-state index contributed by atoms with van der Waals surface area (Å²) in [5.41, 5.74) is 1.03. The van der Waals surface area contributed by atoms with Crippen LogP contribution in [0.5, 0.6) is 0 Å². The predicted octanol–water partition coefficient (Wildman–Crippen LogP) is 3.55. The fraction of sp³-hybridized carbons (Fsp3) is 0. The molecular weight excluding hydrogens is 293 g/mol. The average molecular weight is 296 g/mol. The molecule has 0 fully saturated rings. The second-order valence-corrected chi connectivity index (χ2v) is 5.30. The molecule has 56 valence electrons. The molecule has 11 heavy (non-hydrogen) atoms. The van der Waals surface area contributed by atoms with Crippen LogP contribution >= 0.6 is 45.5 Å². The predicted molar refractivity (Wildman–Crippen MR) is 57.3 cm³/mol. The van der Waals surface area contributed by atoms with Crippen LogP contribution in [-0.4, -0.2) is 4.98 Å². The summed E-state index contributed by atoms with van der Waals surface area (Å²) in [7, 11) is 0. The Hall–Kier alpha value is 0.130. The first-order valence-electron chi connectivity index (χ1n) is 2.97. The van der Waals surface area contributed by atoms with Gasteiger partial charge in [-0.05, 0) is 40.8 Å². The Bertz CT molecular complexity index is 398. The molecular formula is C7H3ClINS. The quantitative estimate of drug-likeness (QED) is 0.677. The molecule has 0 unspecified atom stereocenters. The van der Waals surface area contributed by atoms with E-state index in [1.165, 1.54) is 0 Å². The van der Waals surface area contributed by atoms with Crippen molar-refractivity contribution >= 4 is 55.7 Å². The molecule has 2 rings (SSSR count). The molecule has 1 nitrogen and oxygen atoms in total. The van der Waals surface area contributed by atoms with E-state index in [4.69, 9.17) is 11.6 Å². The van der Waals surface area contributed by atoms with Gasteiger partial charge in [0.2, 0.25) is 0 Å². The molecule has 0 bridgehead atoms. The van der Waals surface area contributed by atoms with Gasteiger partial charge in [0.1, 0.15) is 0 Å². The lowest BCUT2D eigenvalue weighted by atomic mass is 10.3. The van der Waals surface area contributed by atoms with E-state index in [2.05, 4.69) is 27.6 Å². The Labute approximate surface area is 86.5 Å². The summed E-state index contributed by atoms with van der Waals surface area (Å²) in [6, 6.07) is 5.74. The third-order valence-electron chi connectivity index (χ3n) is 1.32. The summed E-state index contributed by atoms with van der Waals surface area (Å²) in [6.07, 6.45) is 0. The molecule has 0 saturated carbocycles. The van der Waals surface area contributed by atoms with Gasteiger partial charge in [-0.15, -0.1) is 11.3 Å². The summed E-state index contributed by atoms with van der Waals surface area (Å²) in [5, 5.41) is 0.776. The molecule has 0 radical (unpaired) electrons. The maximum Gasteiger partial charge on any atom is 0.155 e. The number of rotatable bonds is 0. The monoisotopic (exact) mass is 295 g/mol. The fourth-order valence-corrected chi connectivity index (χ4v) is 2.81. The van der Waals surface area contributed by atoms with Crippen LogP contribution in [0.1, 0.15) is 0 Å². The lowest BCUT2D eigenvalue weighted by Gasteiger charge is -1.86. The maximum atomic E-state index is 5.80. The highest BCUT2D eigenvalue weighted by molar-refractivity contribution is 14.1. The number of fused-ring (bicyclic) bond motifs is 1. The molecule has 1 aromatic carbocycles. The highest BCUT2D eigenvalue weighted by Crippen LogP contribution is 2.25. The minimum absolute atomic E-state index is 0.776. The summed E-state index contributed by atoms with van der Waals surface area (Å²) < 4.78 is 2.21. The number of nitrogens with zero attached hydrogens (tertiary/aromatic N) is 1. The first-order valence-corrected chi connectivity index (χ1v) is 5.24. The van der Waals surface area contributed by atoms with Gasteiger partial charge in [0.15, 0.2) is 3.01 Å². The molecule has 0 amide bonds. The first kappa shape index (κ1) is 7.76. The molecule has 1 aromatic heterocycles. The number of aromatic nitrogens is 1. The molecule has 0 atom stereocenters. The first-order chi connectivity index (χ1) is 5.25. The van der Waals surface area contributed by atoms with Crippen LogP contribution in [0.2, 0.25) is 5.02 Å². The van der Waals surface area contributed by atoms with E-state index in [1.807, 2.05) is 18.2 Å². The van der Waals surface area contributed by atoms with Crippen LogP contribution in [0.3, 0.4) is 0 Å². The van der Waals surface area contributed by atoms with Crippen molar-refractivity contribution in [3.05, 3.63) is 26.2 Å². The average Bonchev–Trinajstić information content (AvgIpc) is 2.27. The molecule has 0 spiro atoms. The van der Waals surface area contributed by atoms with Crippen LogP contribution in [0.15, 0.2) is 18.2 Å². The largest absolute Gasteiger partial charge is 0.230 e. The summed E-state index contributed by atoms with van der Waals surface area (Å²) >= 11 is 9.67. The van der Waals surface area contributed by atoms with E-state index in [-0.39, 0.29) is 0 Å². The lowest BCUT2D eigenvalue weighted by Crippen LogP contribution is -1.66. The Morgan fingerprint density at radius 2 is 2.27 bits per heavy atom. The van der Waals surface area contributed by atoms with Crippen molar-refractivity contribution in [2.75, 3.05) is 0 Å². The second kappa shape index (κ2) is 2.88. The summed E-state index contributed by atoms with van der Waals surface area (Å²) in [6.45, 7) is 0. The second-order valence-electron chi connectivity index (χ2n) is 2.08. The standard InChI is InChI=1S/C7H3ClINS/c8-4-1-2-5-6(3-4)11-7(9)10-5/h1-3H. The highest BCUT2D eigenvalue weighted by Gasteiger charge is 1.99. The van der Waals surface area contributed by atoms with Crippen LogP contribution in [0.4, 0.5) is 0 Å². The topological polar surface area (TPSA) is 12.9 Å². The van der Waals surface area contributed by atoms with Gasteiger partial charge in [-0.3, -0.25) is 0 Å². The number of halogens is 2. The molecule has 0 aliphatic carbocycles. The normalized spacial score (nSPS) is 10.7. The minimum Gasteiger partial charge on any atom is -0.230 e. The minimum atomic E-state index is 0.776. The van der Waals surface area contributed by atoms with E-state index in [0.717, 1.165) is 18.3 Å². The van der Waals surface area contributed by atoms with Crippen molar-refractivity contribution in [1.29, 1.82) is 0 Å². The van der Waals surface area contributed by atoms with E-state index in [9.17, 15) is 0 Å². The fourth-order valence-electron chi connectivity index (χ4n) is 0.870. The van der Waals surface area contributed by atoms with Crippen LogP contribution in [-0.2, 0) is 0 Å². The van der Waals surface area contributed by atoms with E-state index in [1.54, 1.807) is 11.3 Å². The molecule has 0 N–H and O–H groups in total. The van der Waals surface area contributed by atoms with Gasteiger partial charge in [0.05, 0.1) is 10.2 Å². The zero-order valence-corrected chi connectivity index (χ0v) is 9.07. The Balaban J connectivity index is 2.82. The van der Waals surface area contributed by atoms with Crippen LogP contribution in [0.25, 0.3) is 10.2 Å². The van der Waals surface area contributed by atoms with Crippen molar-refractivity contribution in [2.24, 2.45) is 0 Å². The van der Waals surface area contributed by atoms with Crippen molar-refractivity contribution < 1.29 is 0 Å². The number of hydrogen-bond acceptors (Lipinski definition) is 2. The van der Waals surface area contributed by atoms with Gasteiger partial charge in [0.25, 0.3) is 0 Å². The van der Waals surface area contributed by atoms with E-state index in [0.29, 0.717) is 0 Å². The van der Waals surface area contributed by atoms with Crippen LogP contribution < -0.4 is 0 Å². The molecule has 0 aliphatic heterocycles. The Morgan fingerprint density at radius 3 is 3.09 bits per heavy atom. The zero-order valence-electron chi connectivity index (χ0n) is 5.34. The maximum absolute atomic E-state index is 5.80. The third-order valence-corrected chi connectivity index (χ3v) is 3.27. The lowest BCUT2D eigenvalue weighted by molar-refractivity contribution is 1.45. The summed E-state index contributed by atoms with van der Waals surface area (Å²) in [5.74, 6) is 0. The molecule has 0 aliphatic rings. The molecule has 2 aromatic rings. The van der Waals surface area contributed by atoms with Gasteiger partial charge in [-0.1, -0.05) is 11.6 Å². The molecule has 0 saturated heterocycles. The number of benzene rings is 1. The van der Waals surface area contributed by atoms with Crippen molar-refractivity contribution in [3.8, 4) is 0 Å². The van der Waals surface area contributed by atoms with Gasteiger partial charge in [-0.25, -0.2) is 4.98 Å².